The van der Waals surface area contributed by atoms with Gasteiger partial charge in [0.1, 0.15) is 17.8 Å². The molecule has 1 spiro atoms. The van der Waals surface area contributed by atoms with Crippen LogP contribution in [0.4, 0.5) is 4.79 Å². The van der Waals surface area contributed by atoms with E-state index in [2.05, 4.69) is 26.1 Å². The third kappa shape index (κ3) is 4.42. The maximum atomic E-state index is 13.4. The molecule has 32 heavy (non-hydrogen) atoms. The summed E-state index contributed by atoms with van der Waals surface area (Å²) in [7, 11) is -3.23. The highest BCUT2D eigenvalue weighted by atomic mass is 32.2. The highest BCUT2D eigenvalue weighted by Crippen LogP contribution is 2.46. The molecule has 3 fully saturated rings. The Kier molecular flexibility index (Phi) is 5.63. The molecule has 3 atom stereocenters. The van der Waals surface area contributed by atoms with Crippen LogP contribution in [0.15, 0.2) is 22.8 Å². The summed E-state index contributed by atoms with van der Waals surface area (Å²) in [6.45, 7) is 5.91. The molecule has 3 heterocycles. The average Bonchev–Trinajstić information content (AvgIpc) is 3.34. The van der Waals surface area contributed by atoms with Crippen molar-refractivity contribution in [3.8, 4) is 0 Å². The zero-order valence-corrected chi connectivity index (χ0v) is 19.6. The van der Waals surface area contributed by atoms with Crippen LogP contribution in [-0.4, -0.2) is 65.7 Å². The van der Waals surface area contributed by atoms with Gasteiger partial charge < -0.3 is 14.6 Å². The van der Waals surface area contributed by atoms with E-state index in [-0.39, 0.29) is 35.3 Å². The van der Waals surface area contributed by atoms with Gasteiger partial charge in [-0.2, -0.15) is 0 Å². The molecule has 10 heteroatoms. The van der Waals surface area contributed by atoms with E-state index in [1.54, 1.807) is 12.1 Å². The van der Waals surface area contributed by atoms with Crippen LogP contribution in [0.1, 0.15) is 52.2 Å². The van der Waals surface area contributed by atoms with Crippen LogP contribution in [0.5, 0.6) is 0 Å². The van der Waals surface area contributed by atoms with Gasteiger partial charge in [0.2, 0.25) is 5.91 Å². The molecular formula is C22H31N3O6S. The molecule has 0 aromatic carbocycles. The van der Waals surface area contributed by atoms with Gasteiger partial charge in [-0.05, 0) is 49.1 Å². The summed E-state index contributed by atoms with van der Waals surface area (Å²) in [5.41, 5.74) is -1.09. The minimum absolute atomic E-state index is 0.0127. The van der Waals surface area contributed by atoms with Gasteiger partial charge in [0.25, 0.3) is 5.91 Å². The Labute approximate surface area is 188 Å². The van der Waals surface area contributed by atoms with Crippen LogP contribution in [0.3, 0.4) is 0 Å². The first-order chi connectivity index (χ1) is 14.9. The molecule has 1 aliphatic carbocycles. The number of imide groups is 1. The lowest BCUT2D eigenvalue weighted by molar-refractivity contribution is -0.142. The van der Waals surface area contributed by atoms with Crippen molar-refractivity contribution in [3.05, 3.63) is 24.2 Å². The van der Waals surface area contributed by atoms with E-state index in [1.807, 2.05) is 0 Å². The first-order valence-corrected chi connectivity index (χ1v) is 12.9. The Morgan fingerprint density at radius 2 is 2.06 bits per heavy atom. The molecular weight excluding hydrogens is 434 g/mol. The van der Waals surface area contributed by atoms with E-state index >= 15 is 0 Å². The van der Waals surface area contributed by atoms with Crippen LogP contribution in [0.2, 0.25) is 0 Å². The SMILES string of the molecule is CC1CC(C)(C)CC2(C1)NC(=O)N(CC(=O)N(Cc1ccco1)C1CCS(=O)(=O)C1)C2=O. The van der Waals surface area contributed by atoms with Crippen LogP contribution in [0, 0.1) is 11.3 Å². The molecule has 0 bridgehead atoms. The van der Waals surface area contributed by atoms with Gasteiger partial charge in [0.15, 0.2) is 9.84 Å². The number of rotatable bonds is 5. The molecule has 0 radical (unpaired) electrons. The molecule has 1 N–H and O–H groups in total. The maximum Gasteiger partial charge on any atom is 0.325 e. The van der Waals surface area contributed by atoms with E-state index in [0.29, 0.717) is 25.0 Å². The fourth-order valence-electron chi connectivity index (χ4n) is 5.89. The molecule has 1 aromatic heterocycles. The molecule has 176 valence electrons. The van der Waals surface area contributed by atoms with Crippen LogP contribution >= 0.6 is 0 Å². The Balaban J connectivity index is 1.54. The summed E-state index contributed by atoms with van der Waals surface area (Å²) in [6, 6.07) is 2.32. The standard InChI is InChI=1S/C22H31N3O6S/c1-15-9-21(2,3)14-22(10-15)19(27)25(20(28)23-22)12-18(26)24(11-17-5-4-7-31-17)16-6-8-32(29,30)13-16/h4-5,7,15-16H,6,8-14H2,1-3H3,(H,23,28). The molecule has 3 unspecified atom stereocenters. The Morgan fingerprint density at radius 1 is 1.31 bits per heavy atom. The van der Waals surface area contributed by atoms with E-state index in [9.17, 15) is 22.8 Å². The average molecular weight is 466 g/mol. The van der Waals surface area contributed by atoms with Gasteiger partial charge in [-0.1, -0.05) is 20.8 Å². The Bertz CT molecular complexity index is 1020. The second-order valence-corrected chi connectivity index (χ2v) is 12.6. The van der Waals surface area contributed by atoms with Crippen molar-refractivity contribution in [1.82, 2.24) is 15.1 Å². The quantitative estimate of drug-likeness (QED) is 0.664. The summed E-state index contributed by atoms with van der Waals surface area (Å²) in [5.74, 6) is -0.176. The van der Waals surface area contributed by atoms with Crippen molar-refractivity contribution < 1.29 is 27.2 Å². The van der Waals surface area contributed by atoms with E-state index in [4.69, 9.17) is 4.42 Å². The van der Waals surface area contributed by atoms with Gasteiger partial charge in [-0.3, -0.25) is 14.5 Å². The second-order valence-electron chi connectivity index (χ2n) is 10.4. The third-order valence-corrected chi connectivity index (χ3v) is 8.54. The molecule has 9 nitrogen and oxygen atoms in total. The van der Waals surface area contributed by atoms with Crippen LogP contribution < -0.4 is 5.32 Å². The Hall–Kier alpha value is -2.36. The van der Waals surface area contributed by atoms with Crippen LogP contribution in [-0.2, 0) is 26.0 Å². The predicted molar refractivity (Wildman–Crippen MR) is 116 cm³/mol. The lowest BCUT2D eigenvalue weighted by Crippen LogP contribution is -2.54. The lowest BCUT2D eigenvalue weighted by Gasteiger charge is -2.43. The molecule has 1 saturated carbocycles. The molecule has 3 aliphatic rings. The number of nitrogens with one attached hydrogen (secondary N) is 1. The second kappa shape index (κ2) is 7.90. The van der Waals surface area contributed by atoms with Crippen LogP contribution in [0.25, 0.3) is 0 Å². The Morgan fingerprint density at radius 3 is 2.66 bits per heavy atom. The van der Waals surface area contributed by atoms with E-state index < -0.39 is 39.9 Å². The topological polar surface area (TPSA) is 117 Å². The number of carbonyl (C=O) groups excluding carboxylic acids is 3. The number of hydrogen-bond donors (Lipinski definition) is 1. The van der Waals surface area contributed by atoms with Gasteiger partial charge in [0.05, 0.1) is 24.3 Å². The third-order valence-electron chi connectivity index (χ3n) is 6.79. The smallest absolute Gasteiger partial charge is 0.325 e. The van der Waals surface area contributed by atoms with Gasteiger partial charge >= 0.3 is 6.03 Å². The number of furan rings is 1. The number of urea groups is 1. The van der Waals surface area contributed by atoms with Gasteiger partial charge in [0, 0.05) is 6.04 Å². The number of sulfone groups is 1. The summed E-state index contributed by atoms with van der Waals surface area (Å²) in [4.78, 5) is 41.9. The maximum absolute atomic E-state index is 13.4. The van der Waals surface area contributed by atoms with Crippen molar-refractivity contribution in [2.24, 2.45) is 11.3 Å². The van der Waals surface area contributed by atoms with Gasteiger partial charge in [-0.25, -0.2) is 13.2 Å². The zero-order chi connectivity index (χ0) is 23.3. The molecule has 4 amide bonds. The summed E-state index contributed by atoms with van der Waals surface area (Å²) < 4.78 is 29.4. The first kappa shape index (κ1) is 22.8. The zero-order valence-electron chi connectivity index (χ0n) is 18.8. The molecule has 4 rings (SSSR count). The highest BCUT2D eigenvalue weighted by molar-refractivity contribution is 7.91. The fraction of sp³-hybridized carbons (Fsp3) is 0.682. The minimum atomic E-state index is -3.23. The molecule has 2 saturated heterocycles. The molecule has 1 aromatic rings. The largest absolute Gasteiger partial charge is 0.467 e. The highest BCUT2D eigenvalue weighted by Gasteiger charge is 2.56. The number of hydrogen-bond acceptors (Lipinski definition) is 6. The fourth-order valence-corrected chi connectivity index (χ4v) is 7.62. The first-order valence-electron chi connectivity index (χ1n) is 11.1. The van der Waals surface area contributed by atoms with Crippen molar-refractivity contribution in [3.63, 3.8) is 0 Å². The van der Waals surface area contributed by atoms with E-state index in [1.165, 1.54) is 11.2 Å². The van der Waals surface area contributed by atoms with Crippen molar-refractivity contribution in [2.75, 3.05) is 18.1 Å². The number of nitrogens with zero attached hydrogens (tertiary/aromatic N) is 2. The van der Waals surface area contributed by atoms with Crippen molar-refractivity contribution in [1.29, 1.82) is 0 Å². The lowest BCUT2D eigenvalue weighted by atomic mass is 9.64. The normalized spacial score (nSPS) is 31.2. The summed E-state index contributed by atoms with van der Waals surface area (Å²) in [5, 5.41) is 2.88. The number of amides is 4. The predicted octanol–water partition coefficient (Wildman–Crippen LogP) is 1.93. The summed E-state index contributed by atoms with van der Waals surface area (Å²) in [6.07, 6.45) is 3.84. The molecule has 2 aliphatic heterocycles. The van der Waals surface area contributed by atoms with Crippen molar-refractivity contribution >= 4 is 27.7 Å². The number of carbonyl (C=O) groups is 3. The minimum Gasteiger partial charge on any atom is -0.467 e. The van der Waals surface area contributed by atoms with E-state index in [0.717, 1.165) is 11.3 Å². The van der Waals surface area contributed by atoms with Crippen molar-refractivity contribution in [2.45, 2.75) is 64.6 Å². The monoisotopic (exact) mass is 465 g/mol. The van der Waals surface area contributed by atoms with Gasteiger partial charge in [-0.15, -0.1) is 0 Å². The summed E-state index contributed by atoms with van der Waals surface area (Å²) >= 11 is 0.